The maximum absolute atomic E-state index is 11.7. The zero-order valence-electron chi connectivity index (χ0n) is 10.8. The third-order valence-electron chi connectivity index (χ3n) is 3.20. The van der Waals surface area contributed by atoms with E-state index in [4.69, 9.17) is 0 Å². The average molecular weight is 284 g/mol. The number of nitrogens with one attached hydrogen (secondary N) is 1. The lowest BCUT2D eigenvalue weighted by molar-refractivity contribution is 0.118. The third kappa shape index (κ3) is 2.71. The molecule has 0 unspecified atom stereocenters. The van der Waals surface area contributed by atoms with Gasteiger partial charge in [0.2, 0.25) is 10.0 Å². The Morgan fingerprint density at radius 3 is 2.74 bits per heavy atom. The Morgan fingerprint density at radius 2 is 2.11 bits per heavy atom. The minimum absolute atomic E-state index is 0.209. The molecule has 0 aromatic heterocycles. The molecule has 0 atom stereocenters. The van der Waals surface area contributed by atoms with Crippen molar-refractivity contribution in [3.8, 4) is 0 Å². The lowest BCUT2D eigenvalue weighted by Crippen LogP contribution is -2.36. The Bertz CT molecular complexity index is 598. The zero-order valence-corrected chi connectivity index (χ0v) is 11.7. The molecular formula is C12H16N2O4S. The van der Waals surface area contributed by atoms with Crippen LogP contribution < -0.4 is 4.72 Å². The second-order valence-electron chi connectivity index (χ2n) is 4.28. The van der Waals surface area contributed by atoms with E-state index in [1.165, 1.54) is 14.2 Å². The molecule has 1 N–H and O–H groups in total. The highest BCUT2D eigenvalue weighted by atomic mass is 32.2. The van der Waals surface area contributed by atoms with Crippen molar-refractivity contribution in [3.63, 3.8) is 0 Å². The quantitative estimate of drug-likeness (QED) is 0.868. The van der Waals surface area contributed by atoms with Gasteiger partial charge in [-0.25, -0.2) is 17.9 Å². The summed E-state index contributed by atoms with van der Waals surface area (Å²) in [7, 11) is -0.756. The molecule has 1 aromatic rings. The van der Waals surface area contributed by atoms with Gasteiger partial charge in [-0.3, -0.25) is 0 Å². The highest BCUT2D eigenvalue weighted by Gasteiger charge is 2.23. The molecule has 1 amide bonds. The Kier molecular flexibility index (Phi) is 3.77. The lowest BCUT2D eigenvalue weighted by atomic mass is 10.0. The predicted octanol–water partition coefficient (Wildman–Crippen LogP) is 0.719. The number of hydrogen-bond donors (Lipinski definition) is 1. The largest absolute Gasteiger partial charge is 0.453 e. The summed E-state index contributed by atoms with van der Waals surface area (Å²) in [5.41, 5.74) is 1.91. The molecule has 0 aliphatic carbocycles. The summed E-state index contributed by atoms with van der Waals surface area (Å²) in [6.07, 6.45) is 0.303. The van der Waals surface area contributed by atoms with Crippen molar-refractivity contribution >= 4 is 16.1 Å². The summed E-state index contributed by atoms with van der Waals surface area (Å²) in [5, 5.41) is 0. The molecular weight excluding hydrogens is 268 g/mol. The molecule has 0 saturated carbocycles. The van der Waals surface area contributed by atoms with Crippen molar-refractivity contribution in [1.82, 2.24) is 9.62 Å². The number of sulfonamides is 1. The topological polar surface area (TPSA) is 75.7 Å². The molecule has 7 heteroatoms. The van der Waals surface area contributed by atoms with Gasteiger partial charge >= 0.3 is 6.09 Å². The molecule has 1 heterocycles. The number of ether oxygens (including phenoxy) is 1. The maximum Gasteiger partial charge on any atom is 0.409 e. The normalized spacial score (nSPS) is 14.9. The predicted molar refractivity (Wildman–Crippen MR) is 69.2 cm³/mol. The summed E-state index contributed by atoms with van der Waals surface area (Å²) >= 11 is 0. The summed E-state index contributed by atoms with van der Waals surface area (Å²) < 4.78 is 30.4. The van der Waals surface area contributed by atoms with Crippen LogP contribution in [0.4, 0.5) is 4.79 Å². The number of fused-ring (bicyclic) bond motifs is 1. The first-order valence-electron chi connectivity index (χ1n) is 5.86. The number of nitrogens with zero attached hydrogens (tertiary/aromatic N) is 1. The molecule has 0 spiro atoms. The first kappa shape index (κ1) is 13.8. The van der Waals surface area contributed by atoms with E-state index in [-0.39, 0.29) is 4.90 Å². The minimum atomic E-state index is -3.46. The van der Waals surface area contributed by atoms with E-state index in [1.807, 2.05) is 0 Å². The van der Waals surface area contributed by atoms with E-state index in [0.29, 0.717) is 19.5 Å². The van der Waals surface area contributed by atoms with E-state index in [1.54, 1.807) is 23.1 Å². The number of carbonyl (C=O) groups is 1. The van der Waals surface area contributed by atoms with Gasteiger partial charge in [-0.1, -0.05) is 6.07 Å². The van der Waals surface area contributed by atoms with Gasteiger partial charge in [0.15, 0.2) is 0 Å². The highest BCUT2D eigenvalue weighted by Crippen LogP contribution is 2.22. The van der Waals surface area contributed by atoms with E-state index >= 15 is 0 Å². The molecule has 0 fully saturated rings. The molecule has 6 nitrogen and oxygen atoms in total. The molecule has 104 valence electrons. The summed E-state index contributed by atoms with van der Waals surface area (Å²) in [6.45, 7) is 0.951. The van der Waals surface area contributed by atoms with Crippen LogP contribution in [0.2, 0.25) is 0 Å². The first-order chi connectivity index (χ1) is 8.97. The SMILES string of the molecule is CNS(=O)(=O)c1ccc2c(c1)CN(C(=O)OC)CC2. The Balaban J connectivity index is 2.33. The zero-order chi connectivity index (χ0) is 14.0. The fraction of sp³-hybridized carbons (Fsp3) is 0.417. The van der Waals surface area contributed by atoms with Crippen LogP contribution in [-0.4, -0.2) is 40.1 Å². The van der Waals surface area contributed by atoms with Crippen LogP contribution in [0.3, 0.4) is 0 Å². The standard InChI is InChI=1S/C12H16N2O4S/c1-13-19(16,17)11-4-3-9-5-6-14(12(15)18-2)8-10(9)7-11/h3-4,7,13H,5-6,8H2,1-2H3. The number of methoxy groups -OCH3 is 1. The fourth-order valence-corrected chi connectivity index (χ4v) is 2.88. The van der Waals surface area contributed by atoms with E-state index in [0.717, 1.165) is 11.1 Å². The fourth-order valence-electron chi connectivity index (χ4n) is 2.10. The molecule has 0 bridgehead atoms. The van der Waals surface area contributed by atoms with Gasteiger partial charge in [-0.15, -0.1) is 0 Å². The lowest BCUT2D eigenvalue weighted by Gasteiger charge is -2.27. The summed E-state index contributed by atoms with van der Waals surface area (Å²) in [4.78, 5) is 13.3. The van der Waals surface area contributed by atoms with Crippen LogP contribution in [0.5, 0.6) is 0 Å². The maximum atomic E-state index is 11.7. The second-order valence-corrected chi connectivity index (χ2v) is 6.17. The molecule has 1 aromatic carbocycles. The summed E-state index contributed by atoms with van der Waals surface area (Å²) in [6, 6.07) is 4.99. The first-order valence-corrected chi connectivity index (χ1v) is 7.34. The van der Waals surface area contributed by atoms with Crippen molar-refractivity contribution in [1.29, 1.82) is 0 Å². The van der Waals surface area contributed by atoms with Gasteiger partial charge in [0.1, 0.15) is 0 Å². The second kappa shape index (κ2) is 5.18. The molecule has 0 saturated heterocycles. The molecule has 2 rings (SSSR count). The molecule has 1 aliphatic heterocycles. The van der Waals surface area contributed by atoms with Crippen LogP contribution in [0.1, 0.15) is 11.1 Å². The van der Waals surface area contributed by atoms with Gasteiger partial charge in [0.25, 0.3) is 0 Å². The van der Waals surface area contributed by atoms with Gasteiger partial charge < -0.3 is 9.64 Å². The number of rotatable bonds is 2. The van der Waals surface area contributed by atoms with E-state index in [9.17, 15) is 13.2 Å². The van der Waals surface area contributed by atoms with Gasteiger partial charge in [0.05, 0.1) is 12.0 Å². The van der Waals surface area contributed by atoms with Crippen LogP contribution in [-0.2, 0) is 27.7 Å². The van der Waals surface area contributed by atoms with Crippen molar-refractivity contribution in [2.24, 2.45) is 0 Å². The molecule has 1 aliphatic rings. The van der Waals surface area contributed by atoms with Crippen LogP contribution >= 0.6 is 0 Å². The molecule has 19 heavy (non-hydrogen) atoms. The minimum Gasteiger partial charge on any atom is -0.453 e. The third-order valence-corrected chi connectivity index (χ3v) is 4.61. The van der Waals surface area contributed by atoms with Gasteiger partial charge in [-0.2, -0.15) is 0 Å². The number of benzene rings is 1. The smallest absolute Gasteiger partial charge is 0.409 e. The van der Waals surface area contributed by atoms with Gasteiger partial charge in [-0.05, 0) is 36.7 Å². The van der Waals surface area contributed by atoms with E-state index < -0.39 is 16.1 Å². The molecule has 0 radical (unpaired) electrons. The van der Waals surface area contributed by atoms with Crippen molar-refractivity contribution in [2.75, 3.05) is 20.7 Å². The van der Waals surface area contributed by atoms with Crippen molar-refractivity contribution in [2.45, 2.75) is 17.9 Å². The van der Waals surface area contributed by atoms with E-state index in [2.05, 4.69) is 9.46 Å². The Hall–Kier alpha value is -1.60. The summed E-state index contributed by atoms with van der Waals surface area (Å²) in [5.74, 6) is 0. The van der Waals surface area contributed by atoms with Crippen LogP contribution in [0, 0.1) is 0 Å². The number of amides is 1. The monoisotopic (exact) mass is 284 g/mol. The Morgan fingerprint density at radius 1 is 1.37 bits per heavy atom. The van der Waals surface area contributed by atoms with Crippen molar-refractivity contribution in [3.05, 3.63) is 29.3 Å². The number of carbonyl (C=O) groups excluding carboxylic acids is 1. The van der Waals surface area contributed by atoms with Crippen LogP contribution in [0.25, 0.3) is 0 Å². The highest BCUT2D eigenvalue weighted by molar-refractivity contribution is 7.89. The van der Waals surface area contributed by atoms with Crippen molar-refractivity contribution < 1.29 is 17.9 Å². The van der Waals surface area contributed by atoms with Gasteiger partial charge in [0, 0.05) is 13.1 Å². The average Bonchev–Trinajstić information content (AvgIpc) is 2.45. The number of hydrogen-bond acceptors (Lipinski definition) is 4. The Labute approximate surface area is 112 Å². The van der Waals surface area contributed by atoms with Crippen LogP contribution in [0.15, 0.2) is 23.1 Å².